The molecule has 1 atom stereocenters. The first-order valence-corrected chi connectivity index (χ1v) is 9.65. The van der Waals surface area contributed by atoms with Crippen LogP contribution in [0.5, 0.6) is 0 Å². The average molecular weight is 386 g/mol. The molecule has 1 unspecified atom stereocenters. The fraction of sp³-hybridized carbons (Fsp3) is 0.522. The zero-order chi connectivity index (χ0) is 21.2. The molecular weight excluding hydrogens is 354 g/mol. The van der Waals surface area contributed by atoms with Crippen LogP contribution in [0.25, 0.3) is 0 Å². The second-order valence-electron chi connectivity index (χ2n) is 7.75. The van der Waals surface area contributed by atoms with Gasteiger partial charge in [0.25, 0.3) is 0 Å². The van der Waals surface area contributed by atoms with Crippen LogP contribution in [0.2, 0.25) is 0 Å². The Morgan fingerprint density at radius 3 is 1.86 bits per heavy atom. The Balaban J connectivity index is 2.30. The molecule has 2 aromatic rings. The monoisotopic (exact) mass is 385 g/mol. The van der Waals surface area contributed by atoms with Gasteiger partial charge in [-0.05, 0) is 81.8 Å². The van der Waals surface area contributed by atoms with E-state index in [9.17, 15) is 9.59 Å². The predicted molar refractivity (Wildman–Crippen MR) is 109 cm³/mol. The van der Waals surface area contributed by atoms with Gasteiger partial charge < -0.3 is 9.26 Å². The van der Waals surface area contributed by atoms with Crippen molar-refractivity contribution >= 4 is 11.8 Å². The molecule has 0 aliphatic heterocycles. The maximum Gasteiger partial charge on any atom is 0.306 e. The van der Waals surface area contributed by atoms with Crippen LogP contribution in [0.3, 0.4) is 0 Å². The molecule has 5 nitrogen and oxygen atoms in total. The van der Waals surface area contributed by atoms with Crippen LogP contribution in [0.15, 0.2) is 4.52 Å². The van der Waals surface area contributed by atoms with Gasteiger partial charge in [0.05, 0.1) is 19.2 Å². The molecule has 0 N–H and O–H groups in total. The molecular formula is C23H31NO4. The normalized spacial score (nSPS) is 12.1. The highest BCUT2D eigenvalue weighted by Gasteiger charge is 2.26. The lowest BCUT2D eigenvalue weighted by atomic mass is 9.85. The smallest absolute Gasteiger partial charge is 0.306 e. The number of aryl methyl sites for hydroxylation is 1. The Kier molecular flexibility index (Phi) is 6.81. The van der Waals surface area contributed by atoms with Gasteiger partial charge >= 0.3 is 5.97 Å². The fourth-order valence-corrected chi connectivity index (χ4v) is 3.75. The summed E-state index contributed by atoms with van der Waals surface area (Å²) >= 11 is 0. The number of hydrogen-bond acceptors (Lipinski definition) is 5. The molecule has 0 spiro atoms. The lowest BCUT2D eigenvalue weighted by Gasteiger charge is -2.19. The van der Waals surface area contributed by atoms with Gasteiger partial charge in [0.15, 0.2) is 0 Å². The summed E-state index contributed by atoms with van der Waals surface area (Å²) in [4.78, 5) is 24.9. The number of ether oxygens (including phenoxy) is 1. The minimum Gasteiger partial charge on any atom is -0.469 e. The van der Waals surface area contributed by atoms with Crippen LogP contribution in [0.4, 0.5) is 0 Å². The van der Waals surface area contributed by atoms with Crippen molar-refractivity contribution in [2.45, 2.75) is 73.6 Å². The van der Waals surface area contributed by atoms with Gasteiger partial charge in [0, 0.05) is 24.3 Å². The van der Waals surface area contributed by atoms with E-state index in [2.05, 4.69) is 39.8 Å². The SMILES string of the molecule is COC(=O)CC(CC(=O)Cc1c(C)c(C)c(C)c(C)c1C)c1noc(C)c1C. The number of hydrogen-bond donors (Lipinski definition) is 0. The third kappa shape index (κ3) is 4.34. The summed E-state index contributed by atoms with van der Waals surface area (Å²) in [5, 5.41) is 4.10. The van der Waals surface area contributed by atoms with Crippen molar-refractivity contribution in [1.29, 1.82) is 0 Å². The zero-order valence-electron chi connectivity index (χ0n) is 18.3. The van der Waals surface area contributed by atoms with E-state index in [0.29, 0.717) is 17.9 Å². The average Bonchev–Trinajstić information content (AvgIpc) is 3.00. The number of benzene rings is 1. The number of esters is 1. The van der Waals surface area contributed by atoms with Crippen LogP contribution in [-0.4, -0.2) is 24.0 Å². The number of carbonyl (C=O) groups excluding carboxylic acids is 2. The van der Waals surface area contributed by atoms with E-state index >= 15 is 0 Å². The van der Waals surface area contributed by atoms with Crippen LogP contribution in [-0.2, 0) is 20.7 Å². The Labute approximate surface area is 167 Å². The van der Waals surface area contributed by atoms with Crippen molar-refractivity contribution in [2.75, 3.05) is 7.11 Å². The summed E-state index contributed by atoms with van der Waals surface area (Å²) in [5.74, 6) is 0.0921. The lowest BCUT2D eigenvalue weighted by Crippen LogP contribution is -2.16. The molecule has 0 bridgehead atoms. The van der Waals surface area contributed by atoms with Crippen LogP contribution in [0, 0.1) is 48.5 Å². The standard InChI is InChI=1S/C23H31NO4/c1-12-13(2)15(4)21(16(5)14(12)3)11-20(25)9-19(10-22(26)27-8)23-17(6)18(7)28-24-23/h19H,9-11H2,1-8H3. The quantitative estimate of drug-likeness (QED) is 0.647. The highest BCUT2D eigenvalue weighted by Crippen LogP contribution is 2.30. The van der Waals surface area contributed by atoms with Gasteiger partial charge in [-0.1, -0.05) is 5.16 Å². The van der Waals surface area contributed by atoms with Crippen molar-refractivity contribution in [3.05, 3.63) is 50.4 Å². The van der Waals surface area contributed by atoms with Gasteiger partial charge in [-0.25, -0.2) is 0 Å². The lowest BCUT2D eigenvalue weighted by molar-refractivity contribution is -0.141. The molecule has 0 saturated heterocycles. The summed E-state index contributed by atoms with van der Waals surface area (Å²) in [6.45, 7) is 14.2. The second kappa shape index (κ2) is 8.72. The third-order valence-corrected chi connectivity index (χ3v) is 6.22. The Morgan fingerprint density at radius 2 is 1.39 bits per heavy atom. The minimum atomic E-state index is -0.354. The molecule has 152 valence electrons. The fourth-order valence-electron chi connectivity index (χ4n) is 3.75. The number of carbonyl (C=O) groups is 2. The number of rotatable bonds is 7. The number of ketones is 1. The Morgan fingerprint density at radius 1 is 0.857 bits per heavy atom. The van der Waals surface area contributed by atoms with E-state index in [1.807, 2.05) is 13.8 Å². The Bertz CT molecular complexity index is 879. The second-order valence-corrected chi connectivity index (χ2v) is 7.75. The van der Waals surface area contributed by atoms with Gasteiger partial charge in [-0.15, -0.1) is 0 Å². The molecule has 5 heteroatoms. The molecule has 2 rings (SSSR count). The number of methoxy groups -OCH3 is 1. The van der Waals surface area contributed by atoms with Crippen molar-refractivity contribution in [3.8, 4) is 0 Å². The summed E-state index contributed by atoms with van der Waals surface area (Å²) in [6, 6.07) is 0. The minimum absolute atomic E-state index is 0.0859. The number of nitrogens with zero attached hydrogens (tertiary/aromatic N) is 1. The van der Waals surface area contributed by atoms with Gasteiger partial charge in [0.1, 0.15) is 11.5 Å². The maximum atomic E-state index is 13.0. The van der Waals surface area contributed by atoms with E-state index < -0.39 is 0 Å². The van der Waals surface area contributed by atoms with E-state index in [-0.39, 0.29) is 30.5 Å². The van der Waals surface area contributed by atoms with Crippen LogP contribution in [0.1, 0.15) is 69.2 Å². The first-order valence-electron chi connectivity index (χ1n) is 9.65. The molecule has 0 aliphatic carbocycles. The first kappa shape index (κ1) is 21.9. The van der Waals surface area contributed by atoms with E-state index in [0.717, 1.165) is 11.1 Å². The molecule has 0 aliphatic rings. The van der Waals surface area contributed by atoms with Crippen molar-refractivity contribution in [3.63, 3.8) is 0 Å². The maximum absolute atomic E-state index is 13.0. The molecule has 1 aromatic heterocycles. The summed E-state index contributed by atoms with van der Waals surface area (Å²) in [5.41, 5.74) is 8.75. The highest BCUT2D eigenvalue weighted by atomic mass is 16.5. The van der Waals surface area contributed by atoms with Crippen molar-refractivity contribution in [1.82, 2.24) is 5.16 Å². The largest absolute Gasteiger partial charge is 0.469 e. The molecule has 28 heavy (non-hydrogen) atoms. The molecule has 0 saturated carbocycles. The summed E-state index contributed by atoms with van der Waals surface area (Å²) < 4.78 is 10.1. The van der Waals surface area contributed by atoms with E-state index in [1.165, 1.54) is 34.9 Å². The van der Waals surface area contributed by atoms with Crippen molar-refractivity contribution in [2.24, 2.45) is 0 Å². The topological polar surface area (TPSA) is 69.4 Å². The van der Waals surface area contributed by atoms with E-state index in [4.69, 9.17) is 9.26 Å². The molecule has 1 heterocycles. The first-order chi connectivity index (χ1) is 13.1. The summed E-state index contributed by atoms with van der Waals surface area (Å²) in [7, 11) is 1.35. The number of Topliss-reactive ketones (excluding diaryl/α,β-unsaturated/α-hetero) is 1. The molecule has 0 fully saturated rings. The van der Waals surface area contributed by atoms with E-state index in [1.54, 1.807) is 0 Å². The molecule has 0 radical (unpaired) electrons. The zero-order valence-corrected chi connectivity index (χ0v) is 18.3. The number of aromatic nitrogens is 1. The third-order valence-electron chi connectivity index (χ3n) is 6.22. The highest BCUT2D eigenvalue weighted by molar-refractivity contribution is 5.83. The van der Waals surface area contributed by atoms with Crippen molar-refractivity contribution < 1.29 is 18.8 Å². The van der Waals surface area contributed by atoms with Crippen LogP contribution >= 0.6 is 0 Å². The molecule has 0 amide bonds. The summed E-state index contributed by atoms with van der Waals surface area (Å²) in [6.07, 6.45) is 0.693. The predicted octanol–water partition coefficient (Wildman–Crippen LogP) is 4.68. The van der Waals surface area contributed by atoms with Gasteiger partial charge in [-0.2, -0.15) is 0 Å². The Hall–Kier alpha value is -2.43. The van der Waals surface area contributed by atoms with Gasteiger partial charge in [0.2, 0.25) is 0 Å². The van der Waals surface area contributed by atoms with Gasteiger partial charge in [-0.3, -0.25) is 9.59 Å². The van der Waals surface area contributed by atoms with Crippen LogP contribution < -0.4 is 0 Å². The molecule has 1 aromatic carbocycles.